The molecule has 3 aromatic rings. The van der Waals surface area contributed by atoms with E-state index in [2.05, 4.69) is 19.6 Å². The lowest BCUT2D eigenvalue weighted by Gasteiger charge is -2.26. The van der Waals surface area contributed by atoms with Crippen molar-refractivity contribution in [2.24, 2.45) is 0 Å². The standard InChI is InChI=1S/C25H30N4O3S/c1-31-22-7-5-6-20(16-22)17-23-27-25(33-28-23)32-21-10-8-19(9-11-21)18-24(30)26-12-15-29-13-3-2-4-14-29/h5-11,16H,2-4,12-15,17-18H2,1H3,(H,26,30). The van der Waals surface area contributed by atoms with E-state index in [0.29, 0.717) is 36.2 Å². The third-order valence-electron chi connectivity index (χ3n) is 5.64. The zero-order valence-corrected chi connectivity index (χ0v) is 19.8. The molecule has 1 aliphatic rings. The van der Waals surface area contributed by atoms with Crippen molar-refractivity contribution in [2.45, 2.75) is 32.1 Å². The second-order valence-corrected chi connectivity index (χ2v) is 8.89. The number of nitrogens with one attached hydrogen (secondary N) is 1. The molecule has 4 rings (SSSR count). The molecule has 8 heteroatoms. The first-order valence-electron chi connectivity index (χ1n) is 11.4. The zero-order valence-electron chi connectivity index (χ0n) is 19.0. The van der Waals surface area contributed by atoms with Crippen molar-refractivity contribution in [3.8, 4) is 16.7 Å². The van der Waals surface area contributed by atoms with Crippen LogP contribution in [0.2, 0.25) is 0 Å². The summed E-state index contributed by atoms with van der Waals surface area (Å²) >= 11 is 1.23. The summed E-state index contributed by atoms with van der Waals surface area (Å²) in [7, 11) is 1.65. The molecule has 1 fully saturated rings. The van der Waals surface area contributed by atoms with Gasteiger partial charge < -0.3 is 19.7 Å². The van der Waals surface area contributed by atoms with E-state index in [1.54, 1.807) is 7.11 Å². The van der Waals surface area contributed by atoms with Gasteiger partial charge in [-0.25, -0.2) is 0 Å². The van der Waals surface area contributed by atoms with Crippen LogP contribution < -0.4 is 14.8 Å². The molecular weight excluding hydrogens is 436 g/mol. The third-order valence-corrected chi connectivity index (χ3v) is 6.27. The van der Waals surface area contributed by atoms with E-state index in [1.807, 2.05) is 48.5 Å². The maximum Gasteiger partial charge on any atom is 0.298 e. The Bertz CT molecular complexity index is 1030. The SMILES string of the molecule is COc1cccc(Cc2nsc(Oc3ccc(CC(=O)NCCN4CCCCC4)cc3)n2)c1. The highest BCUT2D eigenvalue weighted by molar-refractivity contribution is 7.07. The Labute approximate surface area is 198 Å². The molecule has 0 radical (unpaired) electrons. The zero-order chi connectivity index (χ0) is 22.9. The number of rotatable bonds is 10. The van der Waals surface area contributed by atoms with Gasteiger partial charge in [0, 0.05) is 31.0 Å². The van der Waals surface area contributed by atoms with E-state index in [0.717, 1.165) is 36.5 Å². The number of likely N-dealkylation sites (tertiary alicyclic amines) is 1. The van der Waals surface area contributed by atoms with Crippen molar-refractivity contribution in [2.75, 3.05) is 33.3 Å². The van der Waals surface area contributed by atoms with Crippen LogP contribution in [0.25, 0.3) is 0 Å². The average molecular weight is 467 g/mol. The molecule has 174 valence electrons. The number of nitrogens with zero attached hydrogens (tertiary/aromatic N) is 3. The van der Waals surface area contributed by atoms with Gasteiger partial charge in [0.05, 0.1) is 13.5 Å². The summed E-state index contributed by atoms with van der Waals surface area (Å²) in [6.07, 6.45) is 4.84. The average Bonchev–Trinajstić information content (AvgIpc) is 3.27. The first-order valence-corrected chi connectivity index (χ1v) is 12.2. The Hall–Kier alpha value is -2.97. The fourth-order valence-corrected chi connectivity index (χ4v) is 4.45. The second kappa shape index (κ2) is 11.8. The molecule has 0 saturated carbocycles. The smallest absolute Gasteiger partial charge is 0.298 e. The van der Waals surface area contributed by atoms with Crippen molar-refractivity contribution in [1.29, 1.82) is 0 Å². The molecule has 33 heavy (non-hydrogen) atoms. The van der Waals surface area contributed by atoms with Crippen LogP contribution in [0.15, 0.2) is 48.5 Å². The summed E-state index contributed by atoms with van der Waals surface area (Å²) in [5.41, 5.74) is 2.03. The van der Waals surface area contributed by atoms with Crippen molar-refractivity contribution >= 4 is 17.4 Å². The molecule has 1 saturated heterocycles. The van der Waals surface area contributed by atoms with Gasteiger partial charge in [0.25, 0.3) is 5.19 Å². The number of ether oxygens (including phenoxy) is 2. The minimum absolute atomic E-state index is 0.0481. The number of piperidine rings is 1. The maximum absolute atomic E-state index is 12.2. The first kappa shape index (κ1) is 23.2. The van der Waals surface area contributed by atoms with E-state index in [-0.39, 0.29) is 5.91 Å². The Balaban J connectivity index is 1.22. The molecule has 1 amide bonds. The quantitative estimate of drug-likeness (QED) is 0.485. The van der Waals surface area contributed by atoms with Crippen LogP contribution in [0.5, 0.6) is 16.7 Å². The highest BCUT2D eigenvalue weighted by Crippen LogP contribution is 2.25. The van der Waals surface area contributed by atoms with Crippen LogP contribution >= 0.6 is 11.5 Å². The van der Waals surface area contributed by atoms with Crippen molar-refractivity contribution in [3.05, 3.63) is 65.5 Å². The largest absolute Gasteiger partial charge is 0.497 e. The topological polar surface area (TPSA) is 76.6 Å². The van der Waals surface area contributed by atoms with Gasteiger partial charge in [-0.15, -0.1) is 0 Å². The molecule has 0 aliphatic carbocycles. The van der Waals surface area contributed by atoms with Crippen LogP contribution in [-0.2, 0) is 17.6 Å². The molecule has 0 bridgehead atoms. The van der Waals surface area contributed by atoms with E-state index < -0.39 is 0 Å². The number of carbonyl (C=O) groups excluding carboxylic acids is 1. The highest BCUT2D eigenvalue weighted by Gasteiger charge is 2.11. The van der Waals surface area contributed by atoms with Gasteiger partial charge in [-0.2, -0.15) is 9.36 Å². The third kappa shape index (κ3) is 7.27. The van der Waals surface area contributed by atoms with Crippen LogP contribution in [0, 0.1) is 0 Å². The lowest BCUT2D eigenvalue weighted by atomic mass is 10.1. The summed E-state index contributed by atoms with van der Waals surface area (Å²) in [6.45, 7) is 3.93. The highest BCUT2D eigenvalue weighted by atomic mass is 32.1. The van der Waals surface area contributed by atoms with Gasteiger partial charge in [-0.1, -0.05) is 30.7 Å². The minimum atomic E-state index is 0.0481. The van der Waals surface area contributed by atoms with Crippen molar-refractivity contribution < 1.29 is 14.3 Å². The fourth-order valence-electron chi connectivity index (χ4n) is 3.88. The Morgan fingerprint density at radius 2 is 1.88 bits per heavy atom. The van der Waals surface area contributed by atoms with E-state index in [1.165, 1.54) is 30.8 Å². The van der Waals surface area contributed by atoms with Crippen LogP contribution in [0.3, 0.4) is 0 Å². The van der Waals surface area contributed by atoms with Gasteiger partial charge in [0.15, 0.2) is 5.82 Å². The molecule has 2 heterocycles. The van der Waals surface area contributed by atoms with Gasteiger partial charge in [-0.05, 0) is 61.3 Å². The summed E-state index contributed by atoms with van der Waals surface area (Å²) in [6, 6.07) is 15.4. The molecule has 1 aromatic heterocycles. The number of hydrogen-bond acceptors (Lipinski definition) is 7. The summed E-state index contributed by atoms with van der Waals surface area (Å²) in [5.74, 6) is 2.25. The van der Waals surface area contributed by atoms with Crippen LogP contribution in [0.1, 0.15) is 36.2 Å². The normalized spacial score (nSPS) is 14.1. The minimum Gasteiger partial charge on any atom is -0.497 e. The molecule has 0 spiro atoms. The first-order chi connectivity index (χ1) is 16.2. The van der Waals surface area contributed by atoms with Gasteiger partial charge >= 0.3 is 0 Å². The number of amides is 1. The van der Waals surface area contributed by atoms with Crippen LogP contribution in [0.4, 0.5) is 0 Å². The number of aromatic nitrogens is 2. The number of benzene rings is 2. The van der Waals surface area contributed by atoms with E-state index in [9.17, 15) is 4.79 Å². The number of methoxy groups -OCH3 is 1. The predicted molar refractivity (Wildman–Crippen MR) is 129 cm³/mol. The summed E-state index contributed by atoms with van der Waals surface area (Å²) in [5, 5.41) is 3.52. The second-order valence-electron chi connectivity index (χ2n) is 8.18. The lowest BCUT2D eigenvalue weighted by molar-refractivity contribution is -0.120. The molecule has 0 unspecified atom stereocenters. The monoisotopic (exact) mass is 466 g/mol. The van der Waals surface area contributed by atoms with Crippen molar-refractivity contribution in [1.82, 2.24) is 19.6 Å². The van der Waals surface area contributed by atoms with Gasteiger partial charge in [-0.3, -0.25) is 4.79 Å². The van der Waals surface area contributed by atoms with Gasteiger partial charge in [0.1, 0.15) is 11.5 Å². The van der Waals surface area contributed by atoms with Gasteiger partial charge in [0.2, 0.25) is 5.91 Å². The Morgan fingerprint density at radius 1 is 1.06 bits per heavy atom. The Kier molecular flexibility index (Phi) is 8.27. The molecule has 0 atom stereocenters. The maximum atomic E-state index is 12.2. The summed E-state index contributed by atoms with van der Waals surface area (Å²) < 4.78 is 15.5. The molecule has 7 nitrogen and oxygen atoms in total. The number of carbonyl (C=O) groups is 1. The van der Waals surface area contributed by atoms with E-state index in [4.69, 9.17) is 9.47 Å². The van der Waals surface area contributed by atoms with Crippen LogP contribution in [-0.4, -0.2) is 53.5 Å². The molecular formula is C25H30N4O3S. The lowest BCUT2D eigenvalue weighted by Crippen LogP contribution is -2.38. The fraction of sp³-hybridized carbons (Fsp3) is 0.400. The molecule has 1 N–H and O–H groups in total. The molecule has 1 aliphatic heterocycles. The predicted octanol–water partition coefficient (Wildman–Crippen LogP) is 4.07. The Morgan fingerprint density at radius 3 is 2.67 bits per heavy atom. The summed E-state index contributed by atoms with van der Waals surface area (Å²) in [4.78, 5) is 19.1. The number of hydrogen-bond donors (Lipinski definition) is 1. The van der Waals surface area contributed by atoms with Crippen molar-refractivity contribution in [3.63, 3.8) is 0 Å². The van der Waals surface area contributed by atoms with E-state index >= 15 is 0 Å². The molecule has 2 aromatic carbocycles.